The van der Waals surface area contributed by atoms with E-state index in [4.69, 9.17) is 10.2 Å². The van der Waals surface area contributed by atoms with E-state index in [2.05, 4.69) is 0 Å². The van der Waals surface area contributed by atoms with Crippen molar-refractivity contribution in [2.24, 2.45) is 5.14 Å². The van der Waals surface area contributed by atoms with Crippen LogP contribution in [0.4, 0.5) is 0 Å². The molecule has 1 aliphatic rings. The van der Waals surface area contributed by atoms with Gasteiger partial charge in [0.2, 0.25) is 10.0 Å². The van der Waals surface area contributed by atoms with Crippen LogP contribution in [0, 0.1) is 0 Å². The summed E-state index contributed by atoms with van der Waals surface area (Å²) in [5, 5.41) is 14.0. The Bertz CT molecular complexity index is 1130. The van der Waals surface area contributed by atoms with Crippen molar-refractivity contribution in [2.45, 2.75) is 24.2 Å². The van der Waals surface area contributed by atoms with E-state index in [9.17, 15) is 22.8 Å². The number of benzene rings is 2. The van der Waals surface area contributed by atoms with Crippen LogP contribution in [-0.2, 0) is 27.7 Å². The summed E-state index contributed by atoms with van der Waals surface area (Å²) in [6.07, 6.45) is 1.66. The van der Waals surface area contributed by atoms with Gasteiger partial charge in [-0.05, 0) is 29.7 Å². The topological polar surface area (TPSA) is 132 Å². The molecule has 144 valence electrons. The largest absolute Gasteiger partial charge is 0.481 e. The lowest BCUT2D eigenvalue weighted by Gasteiger charge is -2.17. The van der Waals surface area contributed by atoms with Gasteiger partial charge in [-0.3, -0.25) is 14.4 Å². The molecule has 0 aliphatic heterocycles. The van der Waals surface area contributed by atoms with Gasteiger partial charge in [-0.15, -0.1) is 0 Å². The summed E-state index contributed by atoms with van der Waals surface area (Å²) in [5.74, 6) is -1.92. The summed E-state index contributed by atoms with van der Waals surface area (Å²) in [5.41, 5.74) is 1.61. The number of fused-ring (bicyclic) bond motifs is 1. The molecule has 0 unspecified atom stereocenters. The van der Waals surface area contributed by atoms with Crippen LogP contribution in [0.1, 0.15) is 38.3 Å². The summed E-state index contributed by atoms with van der Waals surface area (Å²) in [6, 6.07) is 11.1. The standard InChI is InChI=1S/C20H17NO6S/c21-28(26,27)17-6-2-5-15-19(17)16(22)11-14(20(15)25)10-13-4-1-3-12(9-13)7-8-18(23)24/h1-6,9,11H,7-8,10H2,(H,23,24)(H2,21,26,27). The lowest BCUT2D eigenvalue weighted by atomic mass is 9.86. The van der Waals surface area contributed by atoms with Crippen LogP contribution < -0.4 is 5.14 Å². The Kier molecular flexibility index (Phi) is 5.26. The van der Waals surface area contributed by atoms with E-state index >= 15 is 0 Å². The molecule has 1 aliphatic carbocycles. The minimum absolute atomic E-state index is 0.00667. The van der Waals surface area contributed by atoms with Crippen LogP contribution in [0.3, 0.4) is 0 Å². The molecule has 0 aromatic heterocycles. The Morgan fingerprint density at radius 2 is 1.71 bits per heavy atom. The number of ketones is 2. The normalized spacial score (nSPS) is 13.8. The number of carbonyl (C=O) groups is 3. The van der Waals surface area contributed by atoms with Crippen LogP contribution in [0.25, 0.3) is 0 Å². The number of hydrogen-bond acceptors (Lipinski definition) is 5. The maximum absolute atomic E-state index is 12.8. The molecule has 0 atom stereocenters. The molecule has 0 saturated carbocycles. The molecule has 3 N–H and O–H groups in total. The SMILES string of the molecule is NS(=O)(=O)c1cccc2c1C(=O)C=C(Cc1cccc(CCC(=O)O)c1)C2=O. The summed E-state index contributed by atoms with van der Waals surface area (Å²) < 4.78 is 23.5. The third-order valence-electron chi connectivity index (χ3n) is 4.43. The van der Waals surface area contributed by atoms with Crippen LogP contribution >= 0.6 is 0 Å². The van der Waals surface area contributed by atoms with E-state index in [-0.39, 0.29) is 34.4 Å². The first-order chi connectivity index (χ1) is 13.2. The van der Waals surface area contributed by atoms with Crippen molar-refractivity contribution in [3.8, 4) is 0 Å². The Hall–Kier alpha value is -3.10. The number of aryl methyl sites for hydroxylation is 1. The van der Waals surface area contributed by atoms with Crippen LogP contribution in [0.2, 0.25) is 0 Å². The molecule has 2 aromatic carbocycles. The lowest BCUT2D eigenvalue weighted by Crippen LogP contribution is -2.23. The molecule has 0 saturated heterocycles. The molecule has 3 rings (SSSR count). The Morgan fingerprint density at radius 1 is 1.04 bits per heavy atom. The van der Waals surface area contributed by atoms with E-state index in [0.29, 0.717) is 6.42 Å². The lowest BCUT2D eigenvalue weighted by molar-refractivity contribution is -0.136. The van der Waals surface area contributed by atoms with Gasteiger partial charge in [0.1, 0.15) is 0 Å². The van der Waals surface area contributed by atoms with Crippen molar-refractivity contribution in [1.82, 2.24) is 0 Å². The maximum atomic E-state index is 12.8. The van der Waals surface area contributed by atoms with Gasteiger partial charge in [0, 0.05) is 24.0 Å². The highest BCUT2D eigenvalue weighted by atomic mass is 32.2. The number of rotatable bonds is 6. The van der Waals surface area contributed by atoms with Crippen molar-refractivity contribution >= 4 is 27.6 Å². The fraction of sp³-hybridized carbons (Fsp3) is 0.150. The van der Waals surface area contributed by atoms with Crippen LogP contribution in [0.5, 0.6) is 0 Å². The first-order valence-electron chi connectivity index (χ1n) is 8.42. The van der Waals surface area contributed by atoms with Gasteiger partial charge in [-0.2, -0.15) is 0 Å². The first kappa shape index (κ1) is 19.7. The number of nitrogens with two attached hydrogens (primary N) is 1. The average Bonchev–Trinajstić information content (AvgIpc) is 2.63. The second-order valence-electron chi connectivity index (χ2n) is 6.48. The third kappa shape index (κ3) is 4.08. The monoisotopic (exact) mass is 399 g/mol. The fourth-order valence-corrected chi connectivity index (χ4v) is 3.94. The number of carboxylic acids is 1. The summed E-state index contributed by atoms with van der Waals surface area (Å²) in [6.45, 7) is 0. The van der Waals surface area contributed by atoms with Gasteiger partial charge in [-0.25, -0.2) is 13.6 Å². The second-order valence-corrected chi connectivity index (χ2v) is 8.01. The predicted molar refractivity (Wildman–Crippen MR) is 101 cm³/mol. The number of Topliss-reactive ketones (excluding diaryl/α,β-unsaturated/α-hetero) is 1. The number of aliphatic carboxylic acids is 1. The maximum Gasteiger partial charge on any atom is 0.303 e. The molecule has 0 spiro atoms. The van der Waals surface area contributed by atoms with E-state index in [1.54, 1.807) is 24.3 Å². The quantitative estimate of drug-likeness (QED) is 0.762. The highest BCUT2D eigenvalue weighted by Gasteiger charge is 2.30. The smallest absolute Gasteiger partial charge is 0.303 e. The Morgan fingerprint density at radius 3 is 2.39 bits per heavy atom. The molecule has 7 nitrogen and oxygen atoms in total. The van der Waals surface area contributed by atoms with Crippen molar-refractivity contribution in [3.05, 3.63) is 76.4 Å². The number of sulfonamides is 1. The zero-order valence-electron chi connectivity index (χ0n) is 14.7. The zero-order valence-corrected chi connectivity index (χ0v) is 15.5. The minimum atomic E-state index is -4.15. The number of carbonyl (C=O) groups excluding carboxylic acids is 2. The highest BCUT2D eigenvalue weighted by molar-refractivity contribution is 7.89. The van der Waals surface area contributed by atoms with Gasteiger partial charge in [0.25, 0.3) is 0 Å². The average molecular weight is 399 g/mol. The van der Waals surface area contributed by atoms with Crippen molar-refractivity contribution in [2.75, 3.05) is 0 Å². The molecular weight excluding hydrogens is 382 g/mol. The van der Waals surface area contributed by atoms with E-state index < -0.39 is 27.6 Å². The van der Waals surface area contributed by atoms with Gasteiger partial charge < -0.3 is 5.11 Å². The number of hydrogen-bond donors (Lipinski definition) is 2. The second kappa shape index (κ2) is 7.49. The first-order valence-corrected chi connectivity index (χ1v) is 9.96. The zero-order chi connectivity index (χ0) is 20.5. The molecule has 0 heterocycles. The van der Waals surface area contributed by atoms with E-state index in [1.807, 2.05) is 0 Å². The van der Waals surface area contributed by atoms with Crippen molar-refractivity contribution < 1.29 is 27.9 Å². The Balaban J connectivity index is 1.92. The van der Waals surface area contributed by atoms with E-state index in [1.165, 1.54) is 18.2 Å². The molecule has 2 aromatic rings. The van der Waals surface area contributed by atoms with Crippen LogP contribution in [0.15, 0.2) is 59.0 Å². The van der Waals surface area contributed by atoms with Crippen molar-refractivity contribution in [3.63, 3.8) is 0 Å². The number of carboxylic acid groups (broad SMARTS) is 1. The molecule has 0 amide bonds. The molecule has 0 radical (unpaired) electrons. The summed E-state index contributed by atoms with van der Waals surface area (Å²) in [4.78, 5) is 35.7. The predicted octanol–water partition coefficient (Wildman–Crippen LogP) is 1.90. The van der Waals surface area contributed by atoms with E-state index in [0.717, 1.165) is 17.2 Å². The van der Waals surface area contributed by atoms with Gasteiger partial charge >= 0.3 is 5.97 Å². The van der Waals surface area contributed by atoms with Crippen LogP contribution in [-0.4, -0.2) is 31.1 Å². The molecule has 8 heteroatoms. The van der Waals surface area contributed by atoms with Gasteiger partial charge in [0.15, 0.2) is 11.6 Å². The Labute approximate surface area is 161 Å². The summed E-state index contributed by atoms with van der Waals surface area (Å²) >= 11 is 0. The minimum Gasteiger partial charge on any atom is -0.481 e. The van der Waals surface area contributed by atoms with Gasteiger partial charge in [-0.1, -0.05) is 36.4 Å². The molecule has 0 fully saturated rings. The summed E-state index contributed by atoms with van der Waals surface area (Å²) in [7, 11) is -4.15. The van der Waals surface area contributed by atoms with Crippen molar-refractivity contribution in [1.29, 1.82) is 0 Å². The number of primary sulfonamides is 1. The molecule has 28 heavy (non-hydrogen) atoms. The number of allylic oxidation sites excluding steroid dienone is 2. The van der Waals surface area contributed by atoms with Gasteiger partial charge in [0.05, 0.1) is 10.5 Å². The fourth-order valence-electron chi connectivity index (χ4n) is 3.18. The highest BCUT2D eigenvalue weighted by Crippen LogP contribution is 2.28. The molecule has 0 bridgehead atoms. The third-order valence-corrected chi connectivity index (χ3v) is 5.39. The molecular formula is C20H17NO6S.